The van der Waals surface area contributed by atoms with Crippen LogP contribution in [0.1, 0.15) is 43.6 Å². The number of nitrogens with two attached hydrogens (primary N) is 1. The summed E-state index contributed by atoms with van der Waals surface area (Å²) in [7, 11) is 0. The van der Waals surface area contributed by atoms with Crippen molar-refractivity contribution in [2.24, 2.45) is 11.7 Å². The summed E-state index contributed by atoms with van der Waals surface area (Å²) in [6, 6.07) is 6.11. The fourth-order valence-corrected chi connectivity index (χ4v) is 1.80. The van der Waals surface area contributed by atoms with Crippen LogP contribution in [-0.4, -0.2) is 10.1 Å². The van der Waals surface area contributed by atoms with E-state index in [1.165, 1.54) is 12.1 Å². The van der Waals surface area contributed by atoms with E-state index in [4.69, 9.17) is 10.3 Å². The molecule has 102 valence electrons. The van der Waals surface area contributed by atoms with Crippen LogP contribution in [0.5, 0.6) is 0 Å². The quantitative estimate of drug-likeness (QED) is 0.900. The molecule has 2 N–H and O–H groups in total. The molecule has 0 bridgehead atoms. The number of rotatable bonds is 5. The first-order valence-corrected chi connectivity index (χ1v) is 6.42. The van der Waals surface area contributed by atoms with E-state index < -0.39 is 0 Å². The molecule has 4 nitrogen and oxygen atoms in total. The predicted octanol–water partition coefficient (Wildman–Crippen LogP) is 2.85. The Kier molecular flexibility index (Phi) is 4.27. The molecule has 19 heavy (non-hydrogen) atoms. The van der Waals surface area contributed by atoms with Gasteiger partial charge < -0.3 is 10.3 Å². The van der Waals surface area contributed by atoms with Crippen molar-refractivity contribution >= 4 is 0 Å². The zero-order chi connectivity index (χ0) is 13.8. The van der Waals surface area contributed by atoms with E-state index in [0.29, 0.717) is 18.1 Å². The number of benzene rings is 1. The minimum atomic E-state index is -0.266. The van der Waals surface area contributed by atoms with Crippen LogP contribution in [0, 0.1) is 11.7 Å². The lowest BCUT2D eigenvalue weighted by Gasteiger charge is -2.12. The molecule has 2 unspecified atom stereocenters. The first-order chi connectivity index (χ1) is 9.10. The molecule has 0 aliphatic carbocycles. The van der Waals surface area contributed by atoms with Gasteiger partial charge >= 0.3 is 0 Å². The fourth-order valence-electron chi connectivity index (χ4n) is 1.80. The highest BCUT2D eigenvalue weighted by atomic mass is 19.1. The second-order valence-corrected chi connectivity index (χ2v) is 4.77. The fraction of sp³-hybridized carbons (Fsp3) is 0.429. The van der Waals surface area contributed by atoms with Crippen molar-refractivity contribution < 1.29 is 8.91 Å². The van der Waals surface area contributed by atoms with Crippen LogP contribution in [0.2, 0.25) is 0 Å². The van der Waals surface area contributed by atoms with Crippen molar-refractivity contribution in [2.45, 2.75) is 32.7 Å². The van der Waals surface area contributed by atoms with Gasteiger partial charge in [0.05, 0.1) is 6.04 Å². The number of hydrogen-bond acceptors (Lipinski definition) is 4. The smallest absolute Gasteiger partial charge is 0.243 e. The lowest BCUT2D eigenvalue weighted by atomic mass is 10.0. The monoisotopic (exact) mass is 263 g/mol. The van der Waals surface area contributed by atoms with Gasteiger partial charge in [-0.15, -0.1) is 0 Å². The van der Waals surface area contributed by atoms with Crippen molar-refractivity contribution in [3.8, 4) is 0 Å². The van der Waals surface area contributed by atoms with Crippen molar-refractivity contribution in [1.82, 2.24) is 10.1 Å². The summed E-state index contributed by atoms with van der Waals surface area (Å²) in [5, 5.41) is 3.89. The minimum Gasteiger partial charge on any atom is -0.338 e. The summed E-state index contributed by atoms with van der Waals surface area (Å²) >= 11 is 0. The molecule has 1 aromatic heterocycles. The van der Waals surface area contributed by atoms with Gasteiger partial charge in [-0.3, -0.25) is 0 Å². The number of hydrogen-bond donors (Lipinski definition) is 1. The largest absolute Gasteiger partial charge is 0.338 e. The second kappa shape index (κ2) is 5.93. The predicted molar refractivity (Wildman–Crippen MR) is 69.9 cm³/mol. The van der Waals surface area contributed by atoms with E-state index >= 15 is 0 Å². The summed E-state index contributed by atoms with van der Waals surface area (Å²) in [5.74, 6) is 0.986. The van der Waals surface area contributed by atoms with Crippen LogP contribution in [-0.2, 0) is 6.42 Å². The zero-order valence-electron chi connectivity index (χ0n) is 11.1. The molecule has 0 saturated heterocycles. The molecule has 2 aromatic rings. The maximum atomic E-state index is 13.1. The van der Waals surface area contributed by atoms with Gasteiger partial charge in [-0.1, -0.05) is 37.6 Å². The third kappa shape index (κ3) is 3.38. The third-order valence-corrected chi connectivity index (χ3v) is 3.28. The van der Waals surface area contributed by atoms with Gasteiger partial charge in [-0.05, 0) is 23.6 Å². The van der Waals surface area contributed by atoms with Crippen molar-refractivity contribution in [3.05, 3.63) is 47.4 Å². The molecule has 0 saturated carbocycles. The van der Waals surface area contributed by atoms with Crippen LogP contribution in [0.15, 0.2) is 28.8 Å². The molecular weight excluding hydrogens is 245 g/mol. The van der Waals surface area contributed by atoms with Crippen LogP contribution >= 0.6 is 0 Å². The molecule has 0 spiro atoms. The van der Waals surface area contributed by atoms with E-state index in [-0.39, 0.29) is 17.8 Å². The van der Waals surface area contributed by atoms with Crippen molar-refractivity contribution in [2.75, 3.05) is 0 Å². The molecule has 0 fully saturated rings. The second-order valence-electron chi connectivity index (χ2n) is 4.77. The van der Waals surface area contributed by atoms with E-state index in [1.807, 2.05) is 13.0 Å². The summed E-state index contributed by atoms with van der Waals surface area (Å²) in [5.41, 5.74) is 6.83. The van der Waals surface area contributed by atoms with Crippen LogP contribution in [0.3, 0.4) is 0 Å². The lowest BCUT2D eigenvalue weighted by Crippen LogP contribution is -2.18. The maximum Gasteiger partial charge on any atom is 0.243 e. The molecule has 0 radical (unpaired) electrons. The molecule has 0 amide bonds. The van der Waals surface area contributed by atoms with E-state index in [1.54, 1.807) is 6.07 Å². The Hall–Kier alpha value is -1.75. The van der Waals surface area contributed by atoms with Gasteiger partial charge in [-0.2, -0.15) is 4.98 Å². The Morgan fingerprint density at radius 2 is 2.21 bits per heavy atom. The Morgan fingerprint density at radius 1 is 1.42 bits per heavy atom. The van der Waals surface area contributed by atoms with Gasteiger partial charge in [0.1, 0.15) is 5.82 Å². The van der Waals surface area contributed by atoms with E-state index in [9.17, 15) is 4.39 Å². The highest BCUT2D eigenvalue weighted by Crippen LogP contribution is 2.20. The summed E-state index contributed by atoms with van der Waals surface area (Å²) in [6.45, 7) is 4.11. The number of halogens is 1. The highest BCUT2D eigenvalue weighted by molar-refractivity contribution is 5.19. The Morgan fingerprint density at radius 3 is 2.89 bits per heavy atom. The Labute approximate surface area is 111 Å². The first-order valence-electron chi connectivity index (χ1n) is 6.42. The zero-order valence-corrected chi connectivity index (χ0v) is 11.1. The van der Waals surface area contributed by atoms with Crippen LogP contribution in [0.4, 0.5) is 4.39 Å². The van der Waals surface area contributed by atoms with Crippen molar-refractivity contribution in [1.29, 1.82) is 0 Å². The minimum absolute atomic E-state index is 0.251. The molecular formula is C14H18FN3O. The SMILES string of the molecule is CCC(C)C(N)c1nc(Cc2cccc(F)c2)no1. The topological polar surface area (TPSA) is 64.9 Å². The van der Waals surface area contributed by atoms with Crippen LogP contribution < -0.4 is 5.73 Å². The number of aromatic nitrogens is 2. The molecule has 1 heterocycles. The molecule has 5 heteroatoms. The lowest BCUT2D eigenvalue weighted by molar-refractivity contribution is 0.310. The summed E-state index contributed by atoms with van der Waals surface area (Å²) < 4.78 is 18.2. The normalized spacial score (nSPS) is 14.3. The molecule has 1 aromatic carbocycles. The molecule has 2 rings (SSSR count). The number of nitrogens with zero attached hydrogens (tertiary/aromatic N) is 2. The Bertz CT molecular complexity index is 541. The average Bonchev–Trinajstić information content (AvgIpc) is 2.85. The molecule has 2 atom stereocenters. The highest BCUT2D eigenvalue weighted by Gasteiger charge is 2.20. The Balaban J connectivity index is 2.09. The molecule has 0 aliphatic heterocycles. The van der Waals surface area contributed by atoms with Crippen molar-refractivity contribution in [3.63, 3.8) is 0 Å². The van der Waals surface area contributed by atoms with E-state index in [0.717, 1.165) is 12.0 Å². The van der Waals surface area contributed by atoms with Gasteiger partial charge in [0.15, 0.2) is 5.82 Å². The first kappa shape index (κ1) is 13.7. The van der Waals surface area contributed by atoms with Gasteiger partial charge in [0.2, 0.25) is 5.89 Å². The standard InChI is InChI=1S/C14H18FN3O/c1-3-9(2)13(16)14-17-12(18-19-14)8-10-5-4-6-11(15)7-10/h4-7,9,13H,3,8,16H2,1-2H3. The summed E-state index contributed by atoms with van der Waals surface area (Å²) in [6.07, 6.45) is 1.39. The van der Waals surface area contributed by atoms with Gasteiger partial charge in [0, 0.05) is 6.42 Å². The molecule has 0 aliphatic rings. The average molecular weight is 263 g/mol. The third-order valence-electron chi connectivity index (χ3n) is 3.28. The van der Waals surface area contributed by atoms with Crippen LogP contribution in [0.25, 0.3) is 0 Å². The van der Waals surface area contributed by atoms with Gasteiger partial charge in [0.25, 0.3) is 0 Å². The maximum absolute atomic E-state index is 13.1. The van der Waals surface area contributed by atoms with Gasteiger partial charge in [-0.25, -0.2) is 4.39 Å². The van der Waals surface area contributed by atoms with E-state index in [2.05, 4.69) is 17.1 Å². The summed E-state index contributed by atoms with van der Waals surface area (Å²) in [4.78, 5) is 4.28.